The van der Waals surface area contributed by atoms with Crippen LogP contribution in [0, 0.1) is 0 Å². The van der Waals surface area contributed by atoms with Crippen LogP contribution < -0.4 is 5.32 Å². The van der Waals surface area contributed by atoms with Gasteiger partial charge in [0.05, 0.1) is 12.1 Å². The van der Waals surface area contributed by atoms with Crippen molar-refractivity contribution in [2.24, 2.45) is 0 Å². The highest BCUT2D eigenvalue weighted by atomic mass is 79.9. The molecule has 0 amide bonds. The largest absolute Gasteiger partial charge is 0.346 e. The van der Waals surface area contributed by atoms with Gasteiger partial charge in [-0.25, -0.2) is 4.68 Å². The Hall–Kier alpha value is -1.92. The van der Waals surface area contributed by atoms with E-state index < -0.39 is 0 Å². The standard InChI is InChI=1S/C16H13BrClN5/c17-12-5-1-11(2-6-12)15-9-14(10-3-7-13(18)8-4-10)19-16-20-21-22-23(15)16/h1-8,14-15H,9H2,(H,19,20,22). The summed E-state index contributed by atoms with van der Waals surface area (Å²) in [5, 5.41) is 16.2. The maximum atomic E-state index is 5.99. The molecule has 4 rings (SSSR count). The Morgan fingerprint density at radius 3 is 2.48 bits per heavy atom. The third-order valence-corrected chi connectivity index (χ3v) is 4.86. The van der Waals surface area contributed by atoms with Crippen molar-refractivity contribution in [2.75, 3.05) is 5.32 Å². The minimum absolute atomic E-state index is 0.0926. The van der Waals surface area contributed by atoms with E-state index in [1.165, 1.54) is 11.1 Å². The van der Waals surface area contributed by atoms with Gasteiger partial charge in [-0.05, 0) is 52.2 Å². The topological polar surface area (TPSA) is 55.6 Å². The minimum atomic E-state index is 0.0926. The Balaban J connectivity index is 1.71. The van der Waals surface area contributed by atoms with Crippen LogP contribution in [0.1, 0.15) is 29.6 Å². The van der Waals surface area contributed by atoms with Crippen molar-refractivity contribution in [1.82, 2.24) is 20.2 Å². The smallest absolute Gasteiger partial charge is 0.243 e. The zero-order valence-electron chi connectivity index (χ0n) is 12.0. The molecule has 0 radical (unpaired) electrons. The van der Waals surface area contributed by atoms with Crippen molar-refractivity contribution in [3.63, 3.8) is 0 Å². The molecule has 1 N–H and O–H groups in total. The number of nitrogens with zero attached hydrogens (tertiary/aromatic N) is 4. The lowest BCUT2D eigenvalue weighted by Gasteiger charge is -2.31. The highest BCUT2D eigenvalue weighted by molar-refractivity contribution is 9.10. The van der Waals surface area contributed by atoms with Crippen molar-refractivity contribution < 1.29 is 0 Å². The number of nitrogens with one attached hydrogen (secondary N) is 1. The van der Waals surface area contributed by atoms with E-state index in [1.807, 2.05) is 41.1 Å². The van der Waals surface area contributed by atoms with Crippen LogP contribution in [0.15, 0.2) is 53.0 Å². The molecule has 2 unspecified atom stereocenters. The highest BCUT2D eigenvalue weighted by Crippen LogP contribution is 2.37. The molecular weight excluding hydrogens is 378 g/mol. The zero-order valence-corrected chi connectivity index (χ0v) is 14.4. The summed E-state index contributed by atoms with van der Waals surface area (Å²) in [6, 6.07) is 16.4. The van der Waals surface area contributed by atoms with E-state index in [0.717, 1.165) is 15.9 Å². The van der Waals surface area contributed by atoms with Crippen LogP contribution in [-0.2, 0) is 0 Å². The second-order valence-electron chi connectivity index (χ2n) is 5.50. The van der Waals surface area contributed by atoms with E-state index in [0.29, 0.717) is 5.95 Å². The Labute approximate surface area is 146 Å². The van der Waals surface area contributed by atoms with Gasteiger partial charge in [0, 0.05) is 9.50 Å². The van der Waals surface area contributed by atoms with Crippen molar-refractivity contribution in [3.05, 3.63) is 69.2 Å². The maximum Gasteiger partial charge on any atom is 0.243 e. The van der Waals surface area contributed by atoms with Gasteiger partial charge < -0.3 is 5.32 Å². The quantitative estimate of drug-likeness (QED) is 0.711. The fourth-order valence-corrected chi connectivity index (χ4v) is 3.30. The molecule has 1 aromatic heterocycles. The number of rotatable bonds is 2. The summed E-state index contributed by atoms with van der Waals surface area (Å²) < 4.78 is 2.90. The summed E-state index contributed by atoms with van der Waals surface area (Å²) in [6.45, 7) is 0. The van der Waals surface area contributed by atoms with Crippen LogP contribution in [0.25, 0.3) is 0 Å². The SMILES string of the molecule is Clc1ccc(C2CC(c3ccc(Br)cc3)n3nnnc3N2)cc1. The lowest BCUT2D eigenvalue weighted by atomic mass is 9.93. The van der Waals surface area contributed by atoms with E-state index in [1.54, 1.807) is 0 Å². The van der Waals surface area contributed by atoms with Crippen LogP contribution in [0.5, 0.6) is 0 Å². The lowest BCUT2D eigenvalue weighted by Crippen LogP contribution is -2.28. The third-order valence-electron chi connectivity index (χ3n) is 4.08. The van der Waals surface area contributed by atoms with Crippen molar-refractivity contribution >= 4 is 33.5 Å². The van der Waals surface area contributed by atoms with Gasteiger partial charge in [-0.3, -0.25) is 0 Å². The molecule has 7 heteroatoms. The number of benzene rings is 2. The van der Waals surface area contributed by atoms with E-state index in [9.17, 15) is 0 Å². The number of hydrogen-bond donors (Lipinski definition) is 1. The second-order valence-corrected chi connectivity index (χ2v) is 6.85. The molecule has 116 valence electrons. The van der Waals surface area contributed by atoms with E-state index in [4.69, 9.17) is 11.6 Å². The van der Waals surface area contributed by atoms with Gasteiger partial charge in [-0.15, -0.1) is 0 Å². The number of aromatic nitrogens is 4. The van der Waals surface area contributed by atoms with E-state index in [-0.39, 0.29) is 12.1 Å². The number of halogens is 2. The molecule has 0 spiro atoms. The second kappa shape index (κ2) is 5.94. The molecule has 0 saturated heterocycles. The number of hydrogen-bond acceptors (Lipinski definition) is 4. The minimum Gasteiger partial charge on any atom is -0.346 e. The zero-order chi connectivity index (χ0) is 15.8. The van der Waals surface area contributed by atoms with Gasteiger partial charge in [-0.1, -0.05) is 56.9 Å². The molecule has 5 nitrogen and oxygen atoms in total. The molecule has 1 aliphatic heterocycles. The molecule has 2 aromatic carbocycles. The first-order chi connectivity index (χ1) is 11.2. The van der Waals surface area contributed by atoms with Crippen molar-refractivity contribution in [2.45, 2.75) is 18.5 Å². The predicted molar refractivity (Wildman–Crippen MR) is 92.5 cm³/mol. The summed E-state index contributed by atoms with van der Waals surface area (Å²) in [4.78, 5) is 0. The average Bonchev–Trinajstić information content (AvgIpc) is 3.04. The Morgan fingerprint density at radius 2 is 1.74 bits per heavy atom. The monoisotopic (exact) mass is 389 g/mol. The molecule has 0 saturated carbocycles. The Bertz CT molecular complexity index is 815. The predicted octanol–water partition coefficient (Wildman–Crippen LogP) is 4.24. The fraction of sp³-hybridized carbons (Fsp3) is 0.188. The van der Waals surface area contributed by atoms with Gasteiger partial charge >= 0.3 is 0 Å². The molecule has 2 atom stereocenters. The average molecular weight is 391 g/mol. The lowest BCUT2D eigenvalue weighted by molar-refractivity contribution is 0.424. The van der Waals surface area contributed by atoms with Crippen LogP contribution in [0.3, 0.4) is 0 Å². The van der Waals surface area contributed by atoms with E-state index >= 15 is 0 Å². The summed E-state index contributed by atoms with van der Waals surface area (Å²) >= 11 is 9.47. The van der Waals surface area contributed by atoms with Crippen molar-refractivity contribution in [1.29, 1.82) is 0 Å². The van der Waals surface area contributed by atoms with Crippen molar-refractivity contribution in [3.8, 4) is 0 Å². The first-order valence-corrected chi connectivity index (χ1v) is 8.43. The highest BCUT2D eigenvalue weighted by Gasteiger charge is 2.30. The Kier molecular flexibility index (Phi) is 3.79. The number of anilines is 1. The van der Waals surface area contributed by atoms with Crippen LogP contribution >= 0.6 is 27.5 Å². The molecule has 23 heavy (non-hydrogen) atoms. The maximum absolute atomic E-state index is 5.99. The van der Waals surface area contributed by atoms with Crippen LogP contribution in [0.2, 0.25) is 5.02 Å². The fourth-order valence-electron chi connectivity index (χ4n) is 2.91. The molecule has 2 heterocycles. The first-order valence-electron chi connectivity index (χ1n) is 7.26. The summed E-state index contributed by atoms with van der Waals surface area (Å²) in [5.41, 5.74) is 2.35. The number of tetrazole rings is 1. The molecule has 1 aliphatic rings. The van der Waals surface area contributed by atoms with Gasteiger partial charge in [-0.2, -0.15) is 0 Å². The summed E-state index contributed by atoms with van der Waals surface area (Å²) in [6.07, 6.45) is 0.862. The molecule has 0 aliphatic carbocycles. The van der Waals surface area contributed by atoms with Gasteiger partial charge in [0.25, 0.3) is 0 Å². The Morgan fingerprint density at radius 1 is 1.04 bits per heavy atom. The molecule has 0 bridgehead atoms. The molecule has 0 fully saturated rings. The van der Waals surface area contributed by atoms with Crippen LogP contribution in [-0.4, -0.2) is 20.2 Å². The van der Waals surface area contributed by atoms with Gasteiger partial charge in [0.1, 0.15) is 0 Å². The van der Waals surface area contributed by atoms with E-state index in [2.05, 4.69) is 48.9 Å². The molecular formula is C16H13BrClN5. The third kappa shape index (κ3) is 2.84. The molecule has 3 aromatic rings. The first kappa shape index (κ1) is 14.7. The normalized spacial score (nSPS) is 19.9. The summed E-state index contributed by atoms with van der Waals surface area (Å²) in [7, 11) is 0. The van der Waals surface area contributed by atoms with Gasteiger partial charge in [0.15, 0.2) is 0 Å². The number of fused-ring (bicyclic) bond motifs is 1. The summed E-state index contributed by atoms with van der Waals surface area (Å²) in [5.74, 6) is 0.684. The van der Waals surface area contributed by atoms with Gasteiger partial charge in [0.2, 0.25) is 5.95 Å². The van der Waals surface area contributed by atoms with Crippen LogP contribution in [0.4, 0.5) is 5.95 Å².